The van der Waals surface area contributed by atoms with Crippen LogP contribution >= 0.6 is 0 Å². The molecule has 0 radical (unpaired) electrons. The molecule has 2 rings (SSSR count). The van der Waals surface area contributed by atoms with E-state index in [9.17, 15) is 23.3 Å². The molecule has 1 aliphatic rings. The van der Waals surface area contributed by atoms with Crippen molar-refractivity contribution in [3.05, 3.63) is 46.5 Å². The van der Waals surface area contributed by atoms with Crippen molar-refractivity contribution < 1.29 is 18.1 Å². The van der Waals surface area contributed by atoms with E-state index in [1.54, 1.807) is 17.9 Å². The molecule has 1 aliphatic heterocycles. The fourth-order valence-electron chi connectivity index (χ4n) is 2.29. The number of allylic oxidation sites excluding steroid dienone is 1. The molecule has 0 unspecified atom stereocenters. The molecule has 1 aromatic rings. The van der Waals surface area contributed by atoms with Crippen LogP contribution in [0.2, 0.25) is 0 Å². The third-order valence-corrected chi connectivity index (χ3v) is 5.46. The standard InChI is InChI=1S/C14H17N3O5S/c1-2-3-14(18)15-8-10-16(11-9-15)23(21,22)13-6-4-12(5-7-13)17(19)20/h2-7H,8-11H2,1H3/b3-2+. The van der Waals surface area contributed by atoms with E-state index in [0.717, 1.165) is 0 Å². The summed E-state index contributed by atoms with van der Waals surface area (Å²) in [5, 5.41) is 10.6. The minimum absolute atomic E-state index is 0.0105. The highest BCUT2D eigenvalue weighted by Gasteiger charge is 2.29. The number of nitro benzene ring substituents is 1. The lowest BCUT2D eigenvalue weighted by Gasteiger charge is -2.33. The number of non-ortho nitro benzene ring substituents is 1. The van der Waals surface area contributed by atoms with Gasteiger partial charge in [-0.2, -0.15) is 4.31 Å². The number of piperazine rings is 1. The van der Waals surface area contributed by atoms with Crippen molar-refractivity contribution in [3.63, 3.8) is 0 Å². The van der Waals surface area contributed by atoms with Crippen LogP contribution in [0.15, 0.2) is 41.3 Å². The van der Waals surface area contributed by atoms with E-state index < -0.39 is 14.9 Å². The number of amides is 1. The number of carbonyl (C=O) groups excluding carboxylic acids is 1. The molecule has 0 atom stereocenters. The van der Waals surface area contributed by atoms with Crippen LogP contribution in [0.5, 0.6) is 0 Å². The number of benzene rings is 1. The van der Waals surface area contributed by atoms with Gasteiger partial charge in [0, 0.05) is 38.3 Å². The molecule has 8 nitrogen and oxygen atoms in total. The molecule has 0 bridgehead atoms. The van der Waals surface area contributed by atoms with Crippen molar-refractivity contribution >= 4 is 21.6 Å². The molecule has 0 spiro atoms. The number of sulfonamides is 1. The summed E-state index contributed by atoms with van der Waals surface area (Å²) in [6, 6.07) is 4.78. The van der Waals surface area contributed by atoms with Gasteiger partial charge in [0.1, 0.15) is 0 Å². The second-order valence-corrected chi connectivity index (χ2v) is 6.92. The highest BCUT2D eigenvalue weighted by molar-refractivity contribution is 7.89. The van der Waals surface area contributed by atoms with Crippen molar-refractivity contribution in [2.24, 2.45) is 0 Å². The Labute approximate surface area is 134 Å². The summed E-state index contributed by atoms with van der Waals surface area (Å²) >= 11 is 0. The Kier molecular flexibility index (Phi) is 5.12. The van der Waals surface area contributed by atoms with Gasteiger partial charge in [0.15, 0.2) is 0 Å². The van der Waals surface area contributed by atoms with Crippen LogP contribution in [-0.2, 0) is 14.8 Å². The topological polar surface area (TPSA) is 101 Å². The summed E-state index contributed by atoms with van der Waals surface area (Å²) in [5.41, 5.74) is -0.161. The highest BCUT2D eigenvalue weighted by atomic mass is 32.2. The van der Waals surface area contributed by atoms with Crippen LogP contribution in [-0.4, -0.2) is 54.6 Å². The zero-order valence-corrected chi connectivity index (χ0v) is 13.4. The Hall–Kier alpha value is -2.26. The molecule has 0 aliphatic carbocycles. The molecule has 1 aromatic carbocycles. The van der Waals surface area contributed by atoms with Crippen LogP contribution < -0.4 is 0 Å². The van der Waals surface area contributed by atoms with Crippen LogP contribution in [0.3, 0.4) is 0 Å². The number of nitro groups is 1. The largest absolute Gasteiger partial charge is 0.337 e. The van der Waals surface area contributed by atoms with E-state index in [-0.39, 0.29) is 29.6 Å². The van der Waals surface area contributed by atoms with Gasteiger partial charge < -0.3 is 4.90 Å². The van der Waals surface area contributed by atoms with E-state index in [4.69, 9.17) is 0 Å². The zero-order valence-electron chi connectivity index (χ0n) is 12.6. The number of hydrogen-bond donors (Lipinski definition) is 0. The lowest BCUT2D eigenvalue weighted by molar-refractivity contribution is -0.384. The summed E-state index contributed by atoms with van der Waals surface area (Å²) in [5.74, 6) is -0.139. The van der Waals surface area contributed by atoms with Crippen molar-refractivity contribution in [1.29, 1.82) is 0 Å². The van der Waals surface area contributed by atoms with Gasteiger partial charge in [0.2, 0.25) is 15.9 Å². The molecule has 23 heavy (non-hydrogen) atoms. The molecule has 0 saturated carbocycles. The van der Waals surface area contributed by atoms with Gasteiger partial charge in [-0.1, -0.05) is 6.08 Å². The Morgan fingerprint density at radius 1 is 1.17 bits per heavy atom. The monoisotopic (exact) mass is 339 g/mol. The Morgan fingerprint density at radius 2 is 1.74 bits per heavy atom. The maximum atomic E-state index is 12.5. The summed E-state index contributed by atoms with van der Waals surface area (Å²) in [4.78, 5) is 23.4. The van der Waals surface area contributed by atoms with Crippen LogP contribution in [0.4, 0.5) is 5.69 Å². The molecular formula is C14H17N3O5S. The quantitative estimate of drug-likeness (QED) is 0.463. The van der Waals surface area contributed by atoms with E-state index in [1.807, 2.05) is 0 Å². The lowest BCUT2D eigenvalue weighted by atomic mass is 10.3. The number of hydrogen-bond acceptors (Lipinski definition) is 5. The first-order valence-corrected chi connectivity index (χ1v) is 8.46. The van der Waals surface area contributed by atoms with E-state index in [1.165, 1.54) is 34.6 Å². The first kappa shape index (κ1) is 17.1. The summed E-state index contributed by atoms with van der Waals surface area (Å²) < 4.78 is 26.3. The van der Waals surface area contributed by atoms with Gasteiger partial charge in [-0.3, -0.25) is 14.9 Å². The van der Waals surface area contributed by atoms with Crippen LogP contribution in [0.1, 0.15) is 6.92 Å². The third kappa shape index (κ3) is 3.74. The molecule has 1 saturated heterocycles. The first-order valence-electron chi connectivity index (χ1n) is 7.02. The van der Waals surface area contributed by atoms with Crippen LogP contribution in [0, 0.1) is 10.1 Å². The Balaban J connectivity index is 2.09. The number of rotatable bonds is 4. The second-order valence-electron chi connectivity index (χ2n) is 4.98. The minimum Gasteiger partial charge on any atom is -0.337 e. The normalized spacial score (nSPS) is 16.7. The summed E-state index contributed by atoms with van der Waals surface area (Å²) in [7, 11) is -3.71. The van der Waals surface area contributed by atoms with E-state index in [2.05, 4.69) is 0 Å². The van der Waals surface area contributed by atoms with Gasteiger partial charge in [-0.05, 0) is 25.1 Å². The average Bonchev–Trinajstić information content (AvgIpc) is 2.55. The fourth-order valence-corrected chi connectivity index (χ4v) is 3.71. The summed E-state index contributed by atoms with van der Waals surface area (Å²) in [6.07, 6.45) is 3.09. The minimum atomic E-state index is -3.71. The Bertz CT molecular complexity index is 719. The molecule has 0 N–H and O–H groups in total. The molecule has 1 fully saturated rings. The van der Waals surface area contributed by atoms with Crippen LogP contribution in [0.25, 0.3) is 0 Å². The van der Waals surface area contributed by atoms with Crippen molar-refractivity contribution in [2.45, 2.75) is 11.8 Å². The first-order chi connectivity index (χ1) is 10.9. The van der Waals surface area contributed by atoms with Gasteiger partial charge in [-0.25, -0.2) is 8.42 Å². The Morgan fingerprint density at radius 3 is 2.22 bits per heavy atom. The molecule has 0 aromatic heterocycles. The van der Waals surface area contributed by atoms with Crippen molar-refractivity contribution in [1.82, 2.24) is 9.21 Å². The van der Waals surface area contributed by atoms with Crippen molar-refractivity contribution in [3.8, 4) is 0 Å². The predicted molar refractivity (Wildman–Crippen MR) is 83.2 cm³/mol. The van der Waals surface area contributed by atoms with Gasteiger partial charge in [0.25, 0.3) is 5.69 Å². The molecule has 9 heteroatoms. The fraction of sp³-hybridized carbons (Fsp3) is 0.357. The zero-order chi connectivity index (χ0) is 17.0. The predicted octanol–water partition coefficient (Wildman–Crippen LogP) is 1.00. The molecule has 1 amide bonds. The molecule has 1 heterocycles. The van der Waals surface area contributed by atoms with E-state index in [0.29, 0.717) is 13.1 Å². The second kappa shape index (κ2) is 6.88. The van der Waals surface area contributed by atoms with Gasteiger partial charge in [-0.15, -0.1) is 0 Å². The SMILES string of the molecule is C/C=C/C(=O)N1CCN(S(=O)(=O)c2ccc([N+](=O)[O-])cc2)CC1. The summed E-state index contributed by atoms with van der Waals surface area (Å²) in [6.45, 7) is 2.77. The highest BCUT2D eigenvalue weighted by Crippen LogP contribution is 2.20. The number of nitrogens with zero attached hydrogens (tertiary/aromatic N) is 3. The number of carbonyl (C=O) groups is 1. The maximum absolute atomic E-state index is 12.5. The third-order valence-electron chi connectivity index (χ3n) is 3.54. The molecular weight excluding hydrogens is 322 g/mol. The molecule has 124 valence electrons. The van der Waals surface area contributed by atoms with Crippen molar-refractivity contribution in [2.75, 3.05) is 26.2 Å². The lowest BCUT2D eigenvalue weighted by Crippen LogP contribution is -2.50. The smallest absolute Gasteiger partial charge is 0.269 e. The van der Waals surface area contributed by atoms with Gasteiger partial charge in [0.05, 0.1) is 9.82 Å². The average molecular weight is 339 g/mol. The van der Waals surface area contributed by atoms with Gasteiger partial charge >= 0.3 is 0 Å². The maximum Gasteiger partial charge on any atom is 0.269 e. The van der Waals surface area contributed by atoms with E-state index >= 15 is 0 Å².